The van der Waals surface area contributed by atoms with Gasteiger partial charge in [-0.25, -0.2) is 9.78 Å². The van der Waals surface area contributed by atoms with E-state index in [2.05, 4.69) is 4.98 Å². The Morgan fingerprint density at radius 2 is 2.00 bits per heavy atom. The first-order chi connectivity index (χ1) is 15.0. The van der Waals surface area contributed by atoms with E-state index in [1.54, 1.807) is 35.7 Å². The minimum absolute atomic E-state index is 0.00543. The molecule has 7 nitrogen and oxygen atoms in total. The summed E-state index contributed by atoms with van der Waals surface area (Å²) in [6.07, 6.45) is 0. The summed E-state index contributed by atoms with van der Waals surface area (Å²) in [6.45, 7) is 0. The highest BCUT2D eigenvalue weighted by Crippen LogP contribution is 2.45. The molecule has 4 aromatic rings. The predicted molar refractivity (Wildman–Crippen MR) is 118 cm³/mol. The lowest BCUT2D eigenvalue weighted by molar-refractivity contribution is -0.123. The third-order valence-corrected chi connectivity index (χ3v) is 6.45. The van der Waals surface area contributed by atoms with Crippen LogP contribution in [0.4, 0.5) is 5.13 Å². The number of ether oxygens (including phenoxy) is 1. The third kappa shape index (κ3) is 3.15. The molecule has 1 aliphatic rings. The molecule has 1 aliphatic heterocycles. The fraction of sp³-hybridized carbons (Fsp3) is 0.136. The zero-order valence-corrected chi connectivity index (χ0v) is 17.7. The van der Waals surface area contributed by atoms with Gasteiger partial charge in [-0.15, -0.1) is 22.9 Å². The smallest absolute Gasteiger partial charge is 0.345 e. The van der Waals surface area contributed by atoms with Crippen LogP contribution in [0.5, 0.6) is 11.5 Å². The number of alkyl halides is 1. The van der Waals surface area contributed by atoms with E-state index in [9.17, 15) is 14.7 Å². The summed E-state index contributed by atoms with van der Waals surface area (Å²) in [7, 11) is 1.45. The molecule has 1 amide bonds. The third-order valence-electron chi connectivity index (χ3n) is 5.19. The van der Waals surface area contributed by atoms with E-state index in [0.29, 0.717) is 27.5 Å². The molecule has 0 aliphatic carbocycles. The summed E-state index contributed by atoms with van der Waals surface area (Å²) in [6, 6.07) is 13.3. The number of carbonyl (C=O) groups excluding carboxylic acids is 1. The molecule has 2 unspecified atom stereocenters. The topological polar surface area (TPSA) is 92.9 Å². The fourth-order valence-electron chi connectivity index (χ4n) is 3.60. The van der Waals surface area contributed by atoms with Gasteiger partial charge in [0.1, 0.15) is 11.0 Å². The van der Waals surface area contributed by atoms with Crippen LogP contribution in [0.3, 0.4) is 0 Å². The highest BCUT2D eigenvalue weighted by molar-refractivity contribution is 7.14. The van der Waals surface area contributed by atoms with Crippen molar-refractivity contribution in [2.45, 2.75) is 11.4 Å². The number of halogens is 1. The van der Waals surface area contributed by atoms with Gasteiger partial charge in [-0.3, -0.25) is 9.69 Å². The van der Waals surface area contributed by atoms with E-state index in [0.717, 1.165) is 5.39 Å². The molecular formula is C22H15ClN2O5S. The number of anilines is 1. The van der Waals surface area contributed by atoms with Crippen molar-refractivity contribution >= 4 is 44.9 Å². The summed E-state index contributed by atoms with van der Waals surface area (Å²) < 4.78 is 10.6. The highest BCUT2D eigenvalue weighted by atomic mass is 35.5. The zero-order valence-electron chi connectivity index (χ0n) is 16.1. The van der Waals surface area contributed by atoms with E-state index >= 15 is 0 Å². The van der Waals surface area contributed by atoms with Crippen molar-refractivity contribution in [3.8, 4) is 22.8 Å². The van der Waals surface area contributed by atoms with Gasteiger partial charge in [-0.1, -0.05) is 24.3 Å². The molecule has 9 heteroatoms. The van der Waals surface area contributed by atoms with Crippen LogP contribution in [-0.4, -0.2) is 28.5 Å². The van der Waals surface area contributed by atoms with Crippen LogP contribution in [-0.2, 0) is 4.79 Å². The van der Waals surface area contributed by atoms with Crippen molar-refractivity contribution in [3.63, 3.8) is 0 Å². The molecule has 0 spiro atoms. The Hall–Kier alpha value is -3.36. The van der Waals surface area contributed by atoms with Gasteiger partial charge in [-0.2, -0.15) is 0 Å². The number of para-hydroxylation sites is 1. The first kappa shape index (κ1) is 19.6. The van der Waals surface area contributed by atoms with Gasteiger partial charge >= 0.3 is 5.63 Å². The van der Waals surface area contributed by atoms with E-state index in [1.165, 1.54) is 29.4 Å². The normalized spacial score (nSPS) is 18.3. The molecule has 0 radical (unpaired) electrons. The number of amides is 1. The van der Waals surface area contributed by atoms with Gasteiger partial charge in [0.2, 0.25) is 5.91 Å². The Bertz CT molecular complexity index is 1380. The Morgan fingerprint density at radius 3 is 2.81 bits per heavy atom. The molecule has 2 aromatic carbocycles. The molecule has 0 bridgehead atoms. The second-order valence-corrected chi connectivity index (χ2v) is 8.29. The van der Waals surface area contributed by atoms with Crippen LogP contribution < -0.4 is 15.3 Å². The quantitative estimate of drug-likeness (QED) is 0.280. The van der Waals surface area contributed by atoms with Crippen LogP contribution in [0, 0.1) is 0 Å². The average molecular weight is 455 g/mol. The summed E-state index contributed by atoms with van der Waals surface area (Å²) >= 11 is 7.55. The van der Waals surface area contributed by atoms with Crippen molar-refractivity contribution < 1.29 is 19.1 Å². The van der Waals surface area contributed by atoms with E-state index in [4.69, 9.17) is 20.8 Å². The van der Waals surface area contributed by atoms with Crippen LogP contribution in [0.1, 0.15) is 11.6 Å². The number of benzene rings is 2. The number of β-lactam (4-membered cyclic amide) rings is 1. The molecule has 1 fully saturated rings. The lowest BCUT2D eigenvalue weighted by atomic mass is 9.93. The number of thiazole rings is 1. The van der Waals surface area contributed by atoms with Crippen LogP contribution >= 0.6 is 22.9 Å². The van der Waals surface area contributed by atoms with E-state index in [1.807, 2.05) is 12.1 Å². The average Bonchev–Trinajstić information content (AvgIpc) is 3.25. The summed E-state index contributed by atoms with van der Waals surface area (Å²) in [4.78, 5) is 31.0. The maximum absolute atomic E-state index is 12.6. The molecule has 2 aromatic heterocycles. The van der Waals surface area contributed by atoms with Crippen molar-refractivity contribution in [2.24, 2.45) is 0 Å². The van der Waals surface area contributed by atoms with Crippen LogP contribution in [0.25, 0.3) is 22.2 Å². The number of aromatic hydroxyl groups is 1. The largest absolute Gasteiger partial charge is 0.504 e. The van der Waals surface area contributed by atoms with E-state index < -0.39 is 17.0 Å². The number of phenolic OH excluding ortho intramolecular Hbond substituents is 1. The van der Waals surface area contributed by atoms with Crippen LogP contribution in [0.2, 0.25) is 0 Å². The SMILES string of the molecule is COc1cc(C2C(Cl)C(=O)N2c2nc(-c3cc4ccccc4oc3=O)cs2)ccc1O. The molecule has 156 valence electrons. The Morgan fingerprint density at radius 1 is 1.19 bits per heavy atom. The van der Waals surface area contributed by atoms with Crippen molar-refractivity contribution in [2.75, 3.05) is 12.0 Å². The molecule has 31 heavy (non-hydrogen) atoms. The number of rotatable bonds is 4. The molecule has 0 saturated carbocycles. The fourth-order valence-corrected chi connectivity index (χ4v) is 4.83. The minimum atomic E-state index is -0.771. The molecule has 2 atom stereocenters. The van der Waals surface area contributed by atoms with Crippen LogP contribution in [0.15, 0.2) is 63.1 Å². The maximum Gasteiger partial charge on any atom is 0.345 e. The van der Waals surface area contributed by atoms with Crippen molar-refractivity contribution in [3.05, 3.63) is 69.9 Å². The summed E-state index contributed by atoms with van der Waals surface area (Å²) in [5.41, 5.74) is 1.44. The molecule has 1 N–H and O–H groups in total. The lowest BCUT2D eigenvalue weighted by Gasteiger charge is -2.42. The van der Waals surface area contributed by atoms with Gasteiger partial charge in [-0.05, 0) is 29.8 Å². The molecule has 5 rings (SSSR count). The lowest BCUT2D eigenvalue weighted by Crippen LogP contribution is -2.56. The number of hydrogen-bond donors (Lipinski definition) is 1. The van der Waals surface area contributed by atoms with Gasteiger partial charge in [0.15, 0.2) is 16.6 Å². The number of nitrogens with zero attached hydrogens (tertiary/aromatic N) is 2. The Labute approximate surface area is 185 Å². The Balaban J connectivity index is 1.52. The summed E-state index contributed by atoms with van der Waals surface area (Å²) in [5.74, 6) is -0.00597. The van der Waals surface area contributed by atoms with Gasteiger partial charge in [0, 0.05) is 10.8 Å². The Kier molecular flexibility index (Phi) is 4.68. The number of hydrogen-bond acceptors (Lipinski definition) is 7. The molecular weight excluding hydrogens is 440 g/mol. The number of carbonyl (C=O) groups is 1. The maximum atomic E-state index is 12.6. The van der Waals surface area contributed by atoms with E-state index in [-0.39, 0.29) is 17.4 Å². The number of fused-ring (bicyclic) bond motifs is 1. The molecule has 1 saturated heterocycles. The second-order valence-electron chi connectivity index (χ2n) is 6.99. The predicted octanol–water partition coefficient (Wildman–Crippen LogP) is 4.33. The standard InChI is InChI=1S/C22H15ClN2O5S/c1-29-17-9-12(6-7-15(17)26)19-18(23)20(27)25(19)22-24-14(10-31-22)13-8-11-4-2-3-5-16(11)30-21(13)28/h2-10,18-19,26H,1H3. The zero-order chi connectivity index (χ0) is 21.7. The monoisotopic (exact) mass is 454 g/mol. The minimum Gasteiger partial charge on any atom is -0.504 e. The number of aromatic nitrogens is 1. The van der Waals surface area contributed by atoms with Crippen molar-refractivity contribution in [1.29, 1.82) is 0 Å². The van der Waals surface area contributed by atoms with Gasteiger partial charge in [0.25, 0.3) is 0 Å². The number of phenols is 1. The van der Waals surface area contributed by atoms with Gasteiger partial charge in [0.05, 0.1) is 24.4 Å². The number of methoxy groups -OCH3 is 1. The second kappa shape index (κ2) is 7.40. The first-order valence-corrected chi connectivity index (χ1v) is 10.6. The van der Waals surface area contributed by atoms with Crippen molar-refractivity contribution in [1.82, 2.24) is 4.98 Å². The summed E-state index contributed by atoms with van der Waals surface area (Å²) in [5, 5.41) is 12.0. The highest BCUT2D eigenvalue weighted by Gasteiger charge is 2.49. The van der Waals surface area contributed by atoms with Gasteiger partial charge < -0.3 is 14.3 Å². The molecule has 3 heterocycles. The first-order valence-electron chi connectivity index (χ1n) is 9.31.